The van der Waals surface area contributed by atoms with Crippen molar-refractivity contribution < 1.29 is 19.5 Å². The number of urea groups is 1. The topological polar surface area (TPSA) is 122 Å². The van der Waals surface area contributed by atoms with E-state index in [4.69, 9.17) is 5.73 Å². The molecule has 19 heavy (non-hydrogen) atoms. The van der Waals surface area contributed by atoms with E-state index in [-0.39, 0.29) is 30.8 Å². The maximum atomic E-state index is 12.0. The van der Waals surface area contributed by atoms with Crippen molar-refractivity contribution in [2.75, 3.05) is 13.1 Å². The molecule has 0 aromatic heterocycles. The summed E-state index contributed by atoms with van der Waals surface area (Å²) in [7, 11) is 0. The third kappa shape index (κ3) is 2.69. The zero-order chi connectivity index (χ0) is 14.0. The Labute approximate surface area is 110 Å². The SMILES string of the molecule is NC(=O)NCCNC(=O)C1C2C=CC(C2)C1C(=O)O. The van der Waals surface area contributed by atoms with Crippen LogP contribution in [0, 0.1) is 23.7 Å². The van der Waals surface area contributed by atoms with E-state index >= 15 is 0 Å². The van der Waals surface area contributed by atoms with E-state index in [9.17, 15) is 19.5 Å². The van der Waals surface area contributed by atoms with Gasteiger partial charge in [-0.15, -0.1) is 0 Å². The summed E-state index contributed by atoms with van der Waals surface area (Å²) >= 11 is 0. The molecular formula is C12H17N3O4. The number of carboxylic acid groups (broad SMARTS) is 1. The molecule has 1 fully saturated rings. The minimum atomic E-state index is -0.924. The third-order valence-corrected chi connectivity index (χ3v) is 3.77. The highest BCUT2D eigenvalue weighted by atomic mass is 16.4. The van der Waals surface area contributed by atoms with E-state index in [0.29, 0.717) is 0 Å². The molecule has 2 bridgehead atoms. The predicted octanol–water partition coefficient (Wildman–Crippen LogP) is -0.706. The second-order valence-corrected chi connectivity index (χ2v) is 4.92. The number of rotatable bonds is 5. The number of carbonyl (C=O) groups is 3. The lowest BCUT2D eigenvalue weighted by Gasteiger charge is -2.23. The smallest absolute Gasteiger partial charge is 0.312 e. The molecule has 5 N–H and O–H groups in total. The summed E-state index contributed by atoms with van der Waals surface area (Å²) in [5.41, 5.74) is 4.89. The van der Waals surface area contributed by atoms with E-state index in [1.54, 1.807) is 0 Å². The van der Waals surface area contributed by atoms with Gasteiger partial charge in [-0.1, -0.05) is 12.2 Å². The Balaban J connectivity index is 1.89. The second-order valence-electron chi connectivity index (χ2n) is 4.92. The van der Waals surface area contributed by atoms with Gasteiger partial charge in [0.05, 0.1) is 11.8 Å². The molecule has 3 amide bonds. The lowest BCUT2D eigenvalue weighted by Crippen LogP contribution is -2.43. The summed E-state index contributed by atoms with van der Waals surface area (Å²) in [6.07, 6.45) is 4.55. The minimum Gasteiger partial charge on any atom is -0.481 e. The van der Waals surface area contributed by atoms with Crippen molar-refractivity contribution in [1.29, 1.82) is 0 Å². The van der Waals surface area contributed by atoms with E-state index in [0.717, 1.165) is 6.42 Å². The molecule has 7 nitrogen and oxygen atoms in total. The molecule has 0 radical (unpaired) electrons. The standard InChI is InChI=1S/C12H17N3O4/c13-12(19)15-4-3-14-10(16)8-6-1-2-7(5-6)9(8)11(17)18/h1-2,6-9H,3-5H2,(H,14,16)(H,17,18)(H3,13,15,19). The number of aliphatic carboxylic acids is 1. The van der Waals surface area contributed by atoms with E-state index in [2.05, 4.69) is 10.6 Å². The number of carboxylic acids is 1. The first kappa shape index (κ1) is 13.4. The Morgan fingerprint density at radius 2 is 1.68 bits per heavy atom. The number of nitrogens with two attached hydrogens (primary N) is 1. The molecule has 2 aliphatic rings. The largest absolute Gasteiger partial charge is 0.481 e. The fourth-order valence-electron chi connectivity index (χ4n) is 3.01. The van der Waals surface area contributed by atoms with Gasteiger partial charge >= 0.3 is 12.0 Å². The van der Waals surface area contributed by atoms with Crippen LogP contribution in [0.3, 0.4) is 0 Å². The zero-order valence-electron chi connectivity index (χ0n) is 10.3. The first-order valence-corrected chi connectivity index (χ1v) is 6.23. The van der Waals surface area contributed by atoms with E-state index in [1.165, 1.54) is 0 Å². The van der Waals surface area contributed by atoms with Crippen LogP contribution in [-0.2, 0) is 9.59 Å². The van der Waals surface area contributed by atoms with Crippen molar-refractivity contribution >= 4 is 17.9 Å². The van der Waals surface area contributed by atoms with Gasteiger partial charge < -0.3 is 21.5 Å². The van der Waals surface area contributed by atoms with Crippen LogP contribution in [0.15, 0.2) is 12.2 Å². The molecule has 7 heteroatoms. The maximum absolute atomic E-state index is 12.0. The molecule has 4 atom stereocenters. The number of nitrogens with one attached hydrogen (secondary N) is 2. The highest BCUT2D eigenvalue weighted by Crippen LogP contribution is 2.48. The summed E-state index contributed by atoms with van der Waals surface area (Å²) in [6, 6.07) is -0.652. The van der Waals surface area contributed by atoms with Crippen molar-refractivity contribution in [1.82, 2.24) is 10.6 Å². The van der Waals surface area contributed by atoms with Crippen molar-refractivity contribution in [2.24, 2.45) is 29.4 Å². The summed E-state index contributed by atoms with van der Waals surface area (Å²) < 4.78 is 0. The van der Waals surface area contributed by atoms with Crippen molar-refractivity contribution in [3.8, 4) is 0 Å². The number of fused-ring (bicyclic) bond motifs is 2. The molecule has 4 unspecified atom stereocenters. The van der Waals surface area contributed by atoms with Gasteiger partial charge in [0, 0.05) is 13.1 Å². The maximum Gasteiger partial charge on any atom is 0.312 e. The average molecular weight is 267 g/mol. The Morgan fingerprint density at radius 3 is 2.26 bits per heavy atom. The summed E-state index contributed by atoms with van der Waals surface area (Å²) in [5, 5.41) is 14.2. The summed E-state index contributed by atoms with van der Waals surface area (Å²) in [5.74, 6) is -2.37. The van der Waals surface area contributed by atoms with Gasteiger partial charge in [0.25, 0.3) is 0 Å². The number of primary amides is 1. The Morgan fingerprint density at radius 1 is 1.11 bits per heavy atom. The van der Waals surface area contributed by atoms with Gasteiger partial charge in [0.15, 0.2) is 0 Å². The van der Waals surface area contributed by atoms with Crippen LogP contribution in [0.2, 0.25) is 0 Å². The molecule has 0 saturated heterocycles. The van der Waals surface area contributed by atoms with Crippen LogP contribution in [0.25, 0.3) is 0 Å². The second kappa shape index (κ2) is 5.29. The monoisotopic (exact) mass is 267 g/mol. The van der Waals surface area contributed by atoms with E-state index < -0.39 is 23.8 Å². The summed E-state index contributed by atoms with van der Waals surface area (Å²) in [6.45, 7) is 0.473. The molecule has 0 aliphatic heterocycles. The van der Waals surface area contributed by atoms with E-state index in [1.807, 2.05) is 12.2 Å². The van der Waals surface area contributed by atoms with Crippen LogP contribution in [-0.4, -0.2) is 36.1 Å². The Kier molecular flexibility index (Phi) is 3.73. The van der Waals surface area contributed by atoms with Gasteiger partial charge in [0.2, 0.25) is 5.91 Å². The van der Waals surface area contributed by atoms with Gasteiger partial charge in [-0.05, 0) is 18.3 Å². The van der Waals surface area contributed by atoms with Crippen molar-refractivity contribution in [3.05, 3.63) is 12.2 Å². The van der Waals surface area contributed by atoms with Crippen LogP contribution < -0.4 is 16.4 Å². The molecule has 0 aromatic carbocycles. The lowest BCUT2D eigenvalue weighted by atomic mass is 9.82. The molecule has 104 valence electrons. The minimum absolute atomic E-state index is 0.00944. The normalized spacial score (nSPS) is 31.2. The van der Waals surface area contributed by atoms with Crippen LogP contribution in [0.1, 0.15) is 6.42 Å². The fraction of sp³-hybridized carbons (Fsp3) is 0.583. The molecule has 0 aromatic rings. The first-order valence-electron chi connectivity index (χ1n) is 6.23. The van der Waals surface area contributed by atoms with Crippen LogP contribution in [0.5, 0.6) is 0 Å². The highest BCUT2D eigenvalue weighted by molar-refractivity contribution is 5.86. The van der Waals surface area contributed by atoms with Crippen molar-refractivity contribution in [2.45, 2.75) is 6.42 Å². The number of amides is 3. The number of allylic oxidation sites excluding steroid dienone is 2. The average Bonchev–Trinajstić information content (AvgIpc) is 2.93. The molecule has 2 rings (SSSR count). The predicted molar refractivity (Wildman–Crippen MR) is 65.9 cm³/mol. The molecular weight excluding hydrogens is 250 g/mol. The highest BCUT2D eigenvalue weighted by Gasteiger charge is 2.51. The molecule has 0 spiro atoms. The fourth-order valence-corrected chi connectivity index (χ4v) is 3.01. The number of hydrogen-bond acceptors (Lipinski definition) is 3. The van der Waals surface area contributed by atoms with Gasteiger partial charge in [-0.3, -0.25) is 9.59 Å². The lowest BCUT2D eigenvalue weighted by molar-refractivity contribution is -0.147. The first-order chi connectivity index (χ1) is 9.00. The third-order valence-electron chi connectivity index (χ3n) is 3.77. The zero-order valence-corrected chi connectivity index (χ0v) is 10.3. The van der Waals surface area contributed by atoms with Gasteiger partial charge in [-0.2, -0.15) is 0 Å². The number of carbonyl (C=O) groups excluding carboxylic acids is 2. The number of hydrogen-bond donors (Lipinski definition) is 4. The molecule has 2 aliphatic carbocycles. The van der Waals surface area contributed by atoms with Crippen molar-refractivity contribution in [3.63, 3.8) is 0 Å². The molecule has 0 heterocycles. The Bertz CT molecular complexity index is 435. The molecule has 1 saturated carbocycles. The van der Waals surface area contributed by atoms with Gasteiger partial charge in [-0.25, -0.2) is 4.79 Å². The van der Waals surface area contributed by atoms with Crippen LogP contribution >= 0.6 is 0 Å². The van der Waals surface area contributed by atoms with Crippen LogP contribution in [0.4, 0.5) is 4.79 Å². The quantitative estimate of drug-likeness (QED) is 0.388. The van der Waals surface area contributed by atoms with Gasteiger partial charge in [0.1, 0.15) is 0 Å². The summed E-state index contributed by atoms with van der Waals surface area (Å²) in [4.78, 5) is 33.7. The Hall–Kier alpha value is -2.05.